The van der Waals surface area contributed by atoms with Crippen molar-refractivity contribution in [1.29, 1.82) is 0 Å². The van der Waals surface area contributed by atoms with Crippen molar-refractivity contribution in [3.8, 4) is 0 Å². The molecular formula is C26H36N4O2. The first-order chi connectivity index (χ1) is 15.5. The molecule has 1 aromatic heterocycles. The number of hydrogen-bond donors (Lipinski definition) is 3. The van der Waals surface area contributed by atoms with Crippen molar-refractivity contribution in [2.24, 2.45) is 17.6 Å². The van der Waals surface area contributed by atoms with Crippen molar-refractivity contribution in [1.82, 2.24) is 10.3 Å². The van der Waals surface area contributed by atoms with Crippen molar-refractivity contribution in [2.75, 3.05) is 11.9 Å². The summed E-state index contributed by atoms with van der Waals surface area (Å²) in [5, 5.41) is 6.09. The molecule has 0 spiro atoms. The fourth-order valence-electron chi connectivity index (χ4n) is 4.81. The van der Waals surface area contributed by atoms with Gasteiger partial charge in [0.15, 0.2) is 0 Å². The van der Waals surface area contributed by atoms with E-state index in [2.05, 4.69) is 41.6 Å². The normalized spacial score (nSPS) is 19.7. The summed E-state index contributed by atoms with van der Waals surface area (Å²) in [4.78, 5) is 29.4. The zero-order chi connectivity index (χ0) is 23.0. The number of pyridine rings is 1. The van der Waals surface area contributed by atoms with Gasteiger partial charge in [0.25, 0.3) is 0 Å². The summed E-state index contributed by atoms with van der Waals surface area (Å²) < 4.78 is 0. The zero-order valence-electron chi connectivity index (χ0n) is 19.2. The topological polar surface area (TPSA) is 97.1 Å². The summed E-state index contributed by atoms with van der Waals surface area (Å²) in [5.41, 5.74) is 8.30. The number of amides is 2. The van der Waals surface area contributed by atoms with Gasteiger partial charge in [-0.2, -0.15) is 0 Å². The van der Waals surface area contributed by atoms with Crippen molar-refractivity contribution >= 4 is 17.5 Å². The number of rotatable bonds is 9. The van der Waals surface area contributed by atoms with Crippen LogP contribution in [0.4, 0.5) is 5.69 Å². The molecule has 0 saturated heterocycles. The first kappa shape index (κ1) is 23.9. The maximum Gasteiger partial charge on any atom is 0.237 e. The molecule has 172 valence electrons. The van der Waals surface area contributed by atoms with E-state index in [1.807, 2.05) is 18.2 Å². The molecule has 1 saturated carbocycles. The SMILES string of the molecule is CCC(CC)(CNC(=O)C(N)C1CCC(C(=O)Nc2ccncc2)CC1)c1ccccc1. The van der Waals surface area contributed by atoms with E-state index < -0.39 is 6.04 Å². The van der Waals surface area contributed by atoms with Gasteiger partial charge in [0.2, 0.25) is 11.8 Å². The van der Waals surface area contributed by atoms with Gasteiger partial charge in [0.05, 0.1) is 6.04 Å². The highest BCUT2D eigenvalue weighted by Gasteiger charge is 2.34. The standard InChI is InChI=1S/C26H36N4O2/c1-3-26(4-2,21-8-6-5-7-9-21)18-29-25(32)23(27)19-10-12-20(13-11-19)24(31)30-22-14-16-28-17-15-22/h5-9,14-17,19-20,23H,3-4,10-13,18,27H2,1-2H3,(H,29,32)(H,28,30,31). The highest BCUT2D eigenvalue weighted by molar-refractivity contribution is 5.92. The number of nitrogens with one attached hydrogen (secondary N) is 2. The number of anilines is 1. The van der Waals surface area contributed by atoms with Crippen molar-refractivity contribution in [3.63, 3.8) is 0 Å². The average Bonchev–Trinajstić information content (AvgIpc) is 2.85. The number of nitrogens with two attached hydrogens (primary N) is 1. The quantitative estimate of drug-likeness (QED) is 0.553. The van der Waals surface area contributed by atoms with E-state index in [9.17, 15) is 9.59 Å². The largest absolute Gasteiger partial charge is 0.354 e. The van der Waals surface area contributed by atoms with Crippen LogP contribution in [0.15, 0.2) is 54.9 Å². The van der Waals surface area contributed by atoms with E-state index >= 15 is 0 Å². The molecule has 4 N–H and O–H groups in total. The van der Waals surface area contributed by atoms with Crippen LogP contribution in [-0.2, 0) is 15.0 Å². The first-order valence-corrected chi connectivity index (χ1v) is 11.8. The molecule has 0 aliphatic heterocycles. The third-order valence-corrected chi connectivity index (χ3v) is 7.24. The minimum Gasteiger partial charge on any atom is -0.354 e. The lowest BCUT2D eigenvalue weighted by atomic mass is 9.75. The van der Waals surface area contributed by atoms with Crippen LogP contribution in [0.3, 0.4) is 0 Å². The Hall–Kier alpha value is -2.73. The zero-order valence-corrected chi connectivity index (χ0v) is 19.2. The van der Waals surface area contributed by atoms with Crippen molar-refractivity contribution in [3.05, 3.63) is 60.4 Å². The fraction of sp³-hybridized carbons (Fsp3) is 0.500. The molecule has 1 aliphatic rings. The van der Waals surface area contributed by atoms with Gasteiger partial charge in [0.1, 0.15) is 0 Å². The molecule has 6 heteroatoms. The Morgan fingerprint density at radius 2 is 1.66 bits per heavy atom. The summed E-state index contributed by atoms with van der Waals surface area (Å²) in [5.74, 6) is 0.0121. The second-order valence-corrected chi connectivity index (χ2v) is 8.93. The van der Waals surface area contributed by atoms with Gasteiger partial charge in [-0.1, -0.05) is 44.2 Å². The number of hydrogen-bond acceptors (Lipinski definition) is 4. The Balaban J connectivity index is 1.50. The van der Waals surface area contributed by atoms with Crippen LogP contribution in [0.5, 0.6) is 0 Å². The molecule has 0 radical (unpaired) electrons. The highest BCUT2D eigenvalue weighted by atomic mass is 16.2. The third-order valence-electron chi connectivity index (χ3n) is 7.24. The predicted octanol–water partition coefficient (Wildman–Crippen LogP) is 4.03. The number of nitrogens with zero attached hydrogens (tertiary/aromatic N) is 1. The maximum atomic E-state index is 12.9. The molecule has 1 fully saturated rings. The average molecular weight is 437 g/mol. The molecule has 1 aliphatic carbocycles. The number of benzene rings is 1. The number of aromatic nitrogens is 1. The van der Waals surface area contributed by atoms with Crippen molar-refractivity contribution < 1.29 is 9.59 Å². The molecular weight excluding hydrogens is 400 g/mol. The Bertz CT molecular complexity index is 860. The minimum atomic E-state index is -0.540. The molecule has 0 bridgehead atoms. The number of carbonyl (C=O) groups excluding carboxylic acids is 2. The van der Waals surface area contributed by atoms with Crippen LogP contribution in [0.2, 0.25) is 0 Å². The third kappa shape index (κ3) is 5.74. The molecule has 32 heavy (non-hydrogen) atoms. The van der Waals surface area contributed by atoms with Crippen molar-refractivity contribution in [2.45, 2.75) is 63.8 Å². The summed E-state index contributed by atoms with van der Waals surface area (Å²) >= 11 is 0. The lowest BCUT2D eigenvalue weighted by molar-refractivity contribution is -0.124. The number of carbonyl (C=O) groups is 2. The Labute approximate surface area is 191 Å². The van der Waals surface area contributed by atoms with E-state index in [0.717, 1.165) is 44.2 Å². The van der Waals surface area contributed by atoms with Crippen LogP contribution >= 0.6 is 0 Å². The predicted molar refractivity (Wildman–Crippen MR) is 128 cm³/mol. The van der Waals surface area contributed by atoms with Crippen LogP contribution in [0, 0.1) is 11.8 Å². The second kappa shape index (κ2) is 11.2. The lowest BCUT2D eigenvalue weighted by Gasteiger charge is -2.34. The van der Waals surface area contributed by atoms with Gasteiger partial charge < -0.3 is 16.4 Å². The van der Waals surface area contributed by atoms with Crippen LogP contribution < -0.4 is 16.4 Å². The minimum absolute atomic E-state index is 0.0335. The molecule has 1 aromatic carbocycles. The van der Waals surface area contributed by atoms with E-state index in [0.29, 0.717) is 6.54 Å². The molecule has 3 rings (SSSR count). The summed E-state index contributed by atoms with van der Waals surface area (Å²) in [6.45, 7) is 4.92. The second-order valence-electron chi connectivity index (χ2n) is 8.93. The molecule has 1 atom stereocenters. The lowest BCUT2D eigenvalue weighted by Crippen LogP contribution is -2.50. The van der Waals surface area contributed by atoms with Gasteiger partial charge in [-0.05, 0) is 62.1 Å². The monoisotopic (exact) mass is 436 g/mol. The molecule has 1 unspecified atom stereocenters. The van der Waals surface area contributed by atoms with E-state index in [4.69, 9.17) is 5.73 Å². The van der Waals surface area contributed by atoms with Gasteiger partial charge >= 0.3 is 0 Å². The maximum absolute atomic E-state index is 12.9. The molecule has 1 heterocycles. The van der Waals surface area contributed by atoms with E-state index in [-0.39, 0.29) is 29.1 Å². The van der Waals surface area contributed by atoms with Crippen LogP contribution in [-0.4, -0.2) is 29.4 Å². The Morgan fingerprint density at radius 3 is 2.25 bits per heavy atom. The van der Waals surface area contributed by atoms with Gasteiger partial charge in [-0.3, -0.25) is 14.6 Å². The molecule has 2 amide bonds. The fourth-order valence-corrected chi connectivity index (χ4v) is 4.81. The molecule has 2 aromatic rings. The van der Waals surface area contributed by atoms with Crippen LogP contribution in [0.25, 0.3) is 0 Å². The van der Waals surface area contributed by atoms with E-state index in [1.54, 1.807) is 24.5 Å². The smallest absolute Gasteiger partial charge is 0.237 e. The summed E-state index contributed by atoms with van der Waals surface area (Å²) in [6, 6.07) is 13.4. The molecule has 6 nitrogen and oxygen atoms in total. The highest BCUT2D eigenvalue weighted by Crippen LogP contribution is 2.33. The summed E-state index contributed by atoms with van der Waals surface area (Å²) in [7, 11) is 0. The van der Waals surface area contributed by atoms with Gasteiger partial charge in [0, 0.05) is 36.0 Å². The Kier molecular flexibility index (Phi) is 8.39. The summed E-state index contributed by atoms with van der Waals surface area (Å²) in [6.07, 6.45) is 8.28. The Morgan fingerprint density at radius 1 is 1.03 bits per heavy atom. The van der Waals surface area contributed by atoms with E-state index in [1.165, 1.54) is 5.56 Å². The first-order valence-electron chi connectivity index (χ1n) is 11.8. The van der Waals surface area contributed by atoms with Gasteiger partial charge in [-0.25, -0.2) is 0 Å². The van der Waals surface area contributed by atoms with Gasteiger partial charge in [-0.15, -0.1) is 0 Å². The van der Waals surface area contributed by atoms with Crippen LogP contribution in [0.1, 0.15) is 57.9 Å².